The van der Waals surface area contributed by atoms with Crippen LogP contribution < -0.4 is 5.32 Å². The van der Waals surface area contributed by atoms with Gasteiger partial charge in [0.1, 0.15) is 0 Å². The number of hydrogen-bond donors (Lipinski definition) is 1. The van der Waals surface area contributed by atoms with Crippen molar-refractivity contribution < 1.29 is 4.79 Å². The van der Waals surface area contributed by atoms with Crippen molar-refractivity contribution in [1.29, 1.82) is 0 Å². The van der Waals surface area contributed by atoms with Crippen molar-refractivity contribution in [2.75, 3.05) is 6.54 Å². The van der Waals surface area contributed by atoms with E-state index in [1.54, 1.807) is 4.68 Å². The summed E-state index contributed by atoms with van der Waals surface area (Å²) in [6.45, 7) is 8.03. The van der Waals surface area contributed by atoms with Gasteiger partial charge in [0.2, 0.25) is 5.91 Å². The third kappa shape index (κ3) is 4.43. The number of amides is 1. The average Bonchev–Trinajstić information content (AvgIpc) is 3.01. The Hall–Kier alpha value is -1.63. The highest BCUT2D eigenvalue weighted by atomic mass is 79.9. The second kappa shape index (κ2) is 7.58. The maximum Gasteiger partial charge on any atom is 0.221 e. The minimum Gasteiger partial charge on any atom is -0.356 e. The summed E-state index contributed by atoms with van der Waals surface area (Å²) in [4.78, 5) is 11.8. The van der Waals surface area contributed by atoms with Crippen LogP contribution in [-0.4, -0.2) is 32.0 Å². The predicted molar refractivity (Wildman–Crippen MR) is 88.6 cm³/mol. The van der Waals surface area contributed by atoms with E-state index in [0.717, 1.165) is 34.5 Å². The lowest BCUT2D eigenvalue weighted by Gasteiger charge is -2.07. The summed E-state index contributed by atoms with van der Waals surface area (Å²) >= 11 is 3.52. The molecule has 1 amide bonds. The Labute approximate surface area is 139 Å². The van der Waals surface area contributed by atoms with Gasteiger partial charge in [0.05, 0.1) is 15.9 Å². The number of nitrogens with one attached hydrogen (secondary N) is 1. The fourth-order valence-corrected chi connectivity index (χ4v) is 2.53. The van der Waals surface area contributed by atoms with E-state index >= 15 is 0 Å². The van der Waals surface area contributed by atoms with E-state index in [1.807, 2.05) is 37.7 Å². The number of rotatable bonds is 7. The molecule has 0 aliphatic heterocycles. The van der Waals surface area contributed by atoms with Gasteiger partial charge in [0.15, 0.2) is 0 Å². The summed E-state index contributed by atoms with van der Waals surface area (Å²) in [6, 6.07) is 1.93. The van der Waals surface area contributed by atoms with E-state index < -0.39 is 0 Å². The molecule has 2 aromatic rings. The topological polar surface area (TPSA) is 64.7 Å². The van der Waals surface area contributed by atoms with E-state index in [1.165, 1.54) is 0 Å². The van der Waals surface area contributed by atoms with E-state index in [9.17, 15) is 4.79 Å². The Morgan fingerprint density at radius 2 is 2.05 bits per heavy atom. The molecule has 0 bridgehead atoms. The number of carbonyl (C=O) groups excluding carboxylic acids is 1. The zero-order valence-corrected chi connectivity index (χ0v) is 14.9. The molecule has 0 aliphatic rings. The number of nitrogens with zero attached hydrogens (tertiary/aromatic N) is 4. The molecule has 6 nitrogen and oxygen atoms in total. The molecule has 0 radical (unpaired) electrons. The summed E-state index contributed by atoms with van der Waals surface area (Å²) < 4.78 is 4.83. The molecule has 0 unspecified atom stereocenters. The lowest BCUT2D eigenvalue weighted by Crippen LogP contribution is -2.26. The van der Waals surface area contributed by atoms with Crippen LogP contribution in [0.2, 0.25) is 0 Å². The van der Waals surface area contributed by atoms with Gasteiger partial charge in [-0.15, -0.1) is 0 Å². The zero-order chi connectivity index (χ0) is 16.1. The van der Waals surface area contributed by atoms with Crippen molar-refractivity contribution in [3.05, 3.63) is 33.8 Å². The van der Waals surface area contributed by atoms with Gasteiger partial charge in [-0.05, 0) is 49.2 Å². The van der Waals surface area contributed by atoms with Crippen molar-refractivity contribution in [2.45, 2.75) is 46.7 Å². The minimum atomic E-state index is 0.0581. The standard InChI is InChI=1S/C15H22BrN5O/c1-11-5-9-20(18-11)10-6-14(22)17-7-4-8-21-13(3)15(16)12(2)19-21/h5,9H,4,6-8,10H2,1-3H3,(H,17,22). The minimum absolute atomic E-state index is 0.0581. The van der Waals surface area contributed by atoms with Gasteiger partial charge in [-0.3, -0.25) is 14.2 Å². The summed E-state index contributed by atoms with van der Waals surface area (Å²) in [5, 5.41) is 11.6. The fourth-order valence-electron chi connectivity index (χ4n) is 2.24. The molecule has 1 N–H and O–H groups in total. The number of hydrogen-bond acceptors (Lipinski definition) is 3. The lowest BCUT2D eigenvalue weighted by atomic mass is 10.3. The molecule has 0 spiro atoms. The fraction of sp³-hybridized carbons (Fsp3) is 0.533. The molecule has 22 heavy (non-hydrogen) atoms. The maximum atomic E-state index is 11.8. The van der Waals surface area contributed by atoms with Crippen molar-refractivity contribution in [2.24, 2.45) is 0 Å². The van der Waals surface area contributed by atoms with Crippen LogP contribution in [0.4, 0.5) is 0 Å². The van der Waals surface area contributed by atoms with Gasteiger partial charge in [-0.25, -0.2) is 0 Å². The average molecular weight is 368 g/mol. The first-order valence-corrected chi connectivity index (χ1v) is 8.23. The summed E-state index contributed by atoms with van der Waals surface area (Å²) in [5.41, 5.74) is 3.09. The SMILES string of the molecule is Cc1ccn(CCC(=O)NCCCn2nc(C)c(Br)c2C)n1. The van der Waals surface area contributed by atoms with Gasteiger partial charge in [0.25, 0.3) is 0 Å². The van der Waals surface area contributed by atoms with Gasteiger partial charge in [-0.2, -0.15) is 10.2 Å². The van der Waals surface area contributed by atoms with Gasteiger partial charge >= 0.3 is 0 Å². The molecule has 0 saturated heterocycles. The molecule has 2 rings (SSSR count). The highest BCUT2D eigenvalue weighted by molar-refractivity contribution is 9.10. The molecule has 0 atom stereocenters. The molecule has 2 heterocycles. The third-order valence-electron chi connectivity index (χ3n) is 3.50. The van der Waals surface area contributed by atoms with E-state index in [0.29, 0.717) is 19.5 Å². The molecular weight excluding hydrogens is 346 g/mol. The number of carbonyl (C=O) groups is 1. The predicted octanol–water partition coefficient (Wildman–Crippen LogP) is 2.36. The van der Waals surface area contributed by atoms with Gasteiger partial charge in [-0.1, -0.05) is 0 Å². The first kappa shape index (κ1) is 16.7. The highest BCUT2D eigenvalue weighted by Crippen LogP contribution is 2.19. The normalized spacial score (nSPS) is 10.9. The molecule has 0 saturated carbocycles. The van der Waals surface area contributed by atoms with Crippen molar-refractivity contribution in [1.82, 2.24) is 24.9 Å². The van der Waals surface area contributed by atoms with Crippen molar-refractivity contribution in [3.63, 3.8) is 0 Å². The van der Waals surface area contributed by atoms with Crippen LogP contribution in [0, 0.1) is 20.8 Å². The van der Waals surface area contributed by atoms with E-state index in [-0.39, 0.29) is 5.91 Å². The quantitative estimate of drug-likeness (QED) is 0.764. The second-order valence-corrected chi connectivity index (χ2v) is 6.17. The highest BCUT2D eigenvalue weighted by Gasteiger charge is 2.08. The van der Waals surface area contributed by atoms with Gasteiger partial charge in [0, 0.05) is 37.9 Å². The molecule has 2 aromatic heterocycles. The molecule has 0 aliphatic carbocycles. The van der Waals surface area contributed by atoms with Crippen LogP contribution in [-0.2, 0) is 17.9 Å². The van der Waals surface area contributed by atoms with E-state index in [4.69, 9.17) is 0 Å². The van der Waals surface area contributed by atoms with Crippen LogP contribution in [0.25, 0.3) is 0 Å². The number of aromatic nitrogens is 4. The Bertz CT molecular complexity index is 646. The third-order valence-corrected chi connectivity index (χ3v) is 4.65. The molecule has 0 aromatic carbocycles. The van der Waals surface area contributed by atoms with Crippen LogP contribution in [0.5, 0.6) is 0 Å². The molecule has 120 valence electrons. The summed E-state index contributed by atoms with van der Waals surface area (Å²) in [7, 11) is 0. The first-order chi connectivity index (χ1) is 10.5. The zero-order valence-electron chi connectivity index (χ0n) is 13.3. The summed E-state index contributed by atoms with van der Waals surface area (Å²) in [6.07, 6.45) is 3.21. The molecular formula is C15H22BrN5O. The number of aryl methyl sites for hydroxylation is 4. The molecule has 7 heteroatoms. The van der Waals surface area contributed by atoms with Crippen molar-refractivity contribution >= 4 is 21.8 Å². The monoisotopic (exact) mass is 367 g/mol. The Morgan fingerprint density at radius 1 is 1.27 bits per heavy atom. The maximum absolute atomic E-state index is 11.8. The Kier molecular flexibility index (Phi) is 5.76. The van der Waals surface area contributed by atoms with Crippen LogP contribution >= 0.6 is 15.9 Å². The Morgan fingerprint density at radius 3 is 2.64 bits per heavy atom. The lowest BCUT2D eigenvalue weighted by molar-refractivity contribution is -0.121. The van der Waals surface area contributed by atoms with Crippen LogP contribution in [0.15, 0.2) is 16.7 Å². The van der Waals surface area contributed by atoms with Crippen LogP contribution in [0.3, 0.4) is 0 Å². The second-order valence-electron chi connectivity index (χ2n) is 5.38. The number of halogens is 1. The first-order valence-electron chi connectivity index (χ1n) is 7.43. The van der Waals surface area contributed by atoms with Crippen LogP contribution in [0.1, 0.15) is 29.9 Å². The molecule has 0 fully saturated rings. The van der Waals surface area contributed by atoms with Crippen molar-refractivity contribution in [3.8, 4) is 0 Å². The Balaban J connectivity index is 1.65. The van der Waals surface area contributed by atoms with Gasteiger partial charge < -0.3 is 5.32 Å². The largest absolute Gasteiger partial charge is 0.356 e. The summed E-state index contributed by atoms with van der Waals surface area (Å²) in [5.74, 6) is 0.0581. The van der Waals surface area contributed by atoms with E-state index in [2.05, 4.69) is 31.4 Å². The smallest absolute Gasteiger partial charge is 0.221 e.